The lowest BCUT2D eigenvalue weighted by Gasteiger charge is -2.45. The third kappa shape index (κ3) is 3.52. The van der Waals surface area contributed by atoms with Crippen molar-refractivity contribution in [2.45, 2.75) is 37.8 Å². The molecular formula is C19H22N2O2S. The molecule has 1 aromatic heterocycles. The Bertz CT molecular complexity index is 694. The van der Waals surface area contributed by atoms with E-state index < -0.39 is 5.79 Å². The number of thiophene rings is 1. The number of rotatable bonds is 4. The number of benzene rings is 1. The lowest BCUT2D eigenvalue weighted by molar-refractivity contribution is -0.297. The average Bonchev–Trinajstić information content (AvgIpc) is 3.09. The molecule has 126 valence electrons. The number of hydrogen-bond donors (Lipinski definition) is 0. The van der Waals surface area contributed by atoms with Crippen LogP contribution in [-0.2, 0) is 9.47 Å². The van der Waals surface area contributed by atoms with Crippen molar-refractivity contribution in [1.29, 1.82) is 5.26 Å². The monoisotopic (exact) mass is 342 g/mol. The minimum absolute atomic E-state index is 0.0350. The molecule has 5 heteroatoms. The Morgan fingerprint density at radius 3 is 2.62 bits per heavy atom. The second kappa shape index (κ2) is 7.04. The van der Waals surface area contributed by atoms with Crippen LogP contribution in [0.25, 0.3) is 0 Å². The summed E-state index contributed by atoms with van der Waals surface area (Å²) in [4.78, 5) is 3.11. The zero-order valence-electron chi connectivity index (χ0n) is 14.2. The Hall–Kier alpha value is -1.71. The van der Waals surface area contributed by atoms with E-state index in [0.29, 0.717) is 6.61 Å². The van der Waals surface area contributed by atoms with Crippen molar-refractivity contribution in [3.63, 3.8) is 0 Å². The minimum atomic E-state index is -0.636. The van der Waals surface area contributed by atoms with Gasteiger partial charge in [-0.05, 0) is 37.9 Å². The maximum Gasteiger partial charge on any atom is 0.163 e. The number of likely N-dealkylation sites (N-methyl/N-ethyl adjacent to an activating group) is 1. The van der Waals surface area contributed by atoms with Gasteiger partial charge in [0.15, 0.2) is 5.79 Å². The summed E-state index contributed by atoms with van der Waals surface area (Å²) in [5.41, 5.74) is 1.11. The lowest BCUT2D eigenvalue weighted by Crippen LogP contribution is -2.51. The maximum absolute atomic E-state index is 9.69. The topological polar surface area (TPSA) is 45.5 Å². The van der Waals surface area contributed by atoms with E-state index in [1.165, 1.54) is 0 Å². The highest BCUT2D eigenvalue weighted by molar-refractivity contribution is 7.10. The molecule has 1 fully saturated rings. The number of nitrogens with zero attached hydrogens (tertiary/aromatic N) is 2. The lowest BCUT2D eigenvalue weighted by atomic mass is 9.98. The van der Waals surface area contributed by atoms with Crippen LogP contribution in [0.15, 0.2) is 47.8 Å². The molecule has 0 radical (unpaired) electrons. The van der Waals surface area contributed by atoms with Crippen LogP contribution in [0.2, 0.25) is 0 Å². The zero-order valence-corrected chi connectivity index (χ0v) is 15.0. The van der Waals surface area contributed by atoms with E-state index in [0.717, 1.165) is 10.4 Å². The van der Waals surface area contributed by atoms with Crippen LogP contribution in [0.1, 0.15) is 36.4 Å². The standard InChI is InChI=1S/C19H22N2O2S/c1-19(2)22-13-16(18(23-19)14-8-5-4-6-9-14)21(3)15(12-20)17-10-7-11-24-17/h4-11,15-16,18H,13H2,1-3H3/t15?,16-,18-/m0/s1. The molecule has 2 aromatic rings. The molecule has 3 rings (SSSR count). The van der Waals surface area contributed by atoms with Crippen LogP contribution < -0.4 is 0 Å². The summed E-state index contributed by atoms with van der Waals surface area (Å²) in [5.74, 6) is -0.636. The molecule has 3 atom stereocenters. The zero-order chi connectivity index (χ0) is 17.2. The summed E-state index contributed by atoms with van der Waals surface area (Å²) in [6.07, 6.45) is -0.143. The van der Waals surface area contributed by atoms with Crippen molar-refractivity contribution < 1.29 is 9.47 Å². The maximum atomic E-state index is 9.69. The largest absolute Gasteiger partial charge is 0.349 e. The smallest absolute Gasteiger partial charge is 0.163 e. The molecule has 0 amide bonds. The highest BCUT2D eigenvalue weighted by Crippen LogP contribution is 2.38. The van der Waals surface area contributed by atoms with Gasteiger partial charge in [-0.1, -0.05) is 36.4 Å². The Balaban J connectivity index is 1.90. The molecule has 0 N–H and O–H groups in total. The van der Waals surface area contributed by atoms with E-state index in [1.807, 2.05) is 56.6 Å². The summed E-state index contributed by atoms with van der Waals surface area (Å²) in [7, 11) is 1.97. The van der Waals surface area contributed by atoms with Gasteiger partial charge in [-0.15, -0.1) is 11.3 Å². The molecule has 1 aliphatic rings. The van der Waals surface area contributed by atoms with E-state index in [4.69, 9.17) is 9.47 Å². The van der Waals surface area contributed by atoms with Gasteiger partial charge in [0.1, 0.15) is 12.1 Å². The molecule has 0 saturated carbocycles. The van der Waals surface area contributed by atoms with Crippen molar-refractivity contribution in [2.75, 3.05) is 13.7 Å². The summed E-state index contributed by atoms with van der Waals surface area (Å²) >= 11 is 1.60. The van der Waals surface area contributed by atoms with Crippen LogP contribution in [-0.4, -0.2) is 30.4 Å². The average molecular weight is 342 g/mol. The fraction of sp³-hybridized carbons (Fsp3) is 0.421. The van der Waals surface area contributed by atoms with Gasteiger partial charge in [0.05, 0.1) is 18.7 Å². The van der Waals surface area contributed by atoms with E-state index >= 15 is 0 Å². The minimum Gasteiger partial charge on any atom is -0.349 e. The molecule has 4 nitrogen and oxygen atoms in total. The number of nitriles is 1. The fourth-order valence-electron chi connectivity index (χ4n) is 3.05. The highest BCUT2D eigenvalue weighted by atomic mass is 32.1. The Labute approximate surface area is 147 Å². The quantitative estimate of drug-likeness (QED) is 0.838. The highest BCUT2D eigenvalue weighted by Gasteiger charge is 2.41. The molecule has 1 aliphatic heterocycles. The van der Waals surface area contributed by atoms with E-state index in [9.17, 15) is 5.26 Å². The van der Waals surface area contributed by atoms with Crippen LogP contribution in [0, 0.1) is 11.3 Å². The first kappa shape index (κ1) is 17.1. The van der Waals surface area contributed by atoms with Gasteiger partial charge in [-0.3, -0.25) is 4.90 Å². The normalized spacial score (nSPS) is 24.5. The van der Waals surface area contributed by atoms with Crippen LogP contribution in [0.4, 0.5) is 0 Å². The first-order valence-electron chi connectivity index (χ1n) is 8.03. The van der Waals surface area contributed by atoms with Crippen molar-refractivity contribution in [3.05, 3.63) is 58.3 Å². The fourth-order valence-corrected chi connectivity index (χ4v) is 3.87. The Kier molecular flexibility index (Phi) is 5.02. The third-order valence-corrected chi connectivity index (χ3v) is 5.28. The van der Waals surface area contributed by atoms with Crippen molar-refractivity contribution >= 4 is 11.3 Å². The predicted octanol–water partition coefficient (Wildman–Crippen LogP) is 4.14. The molecule has 1 saturated heterocycles. The molecule has 0 spiro atoms. The summed E-state index contributed by atoms with van der Waals surface area (Å²) < 4.78 is 12.1. The van der Waals surface area contributed by atoms with Gasteiger partial charge in [-0.2, -0.15) is 5.26 Å². The van der Waals surface area contributed by atoms with Gasteiger partial charge in [0.2, 0.25) is 0 Å². The van der Waals surface area contributed by atoms with Crippen molar-refractivity contribution in [1.82, 2.24) is 4.90 Å². The van der Waals surface area contributed by atoms with Crippen LogP contribution in [0.3, 0.4) is 0 Å². The van der Waals surface area contributed by atoms with E-state index in [-0.39, 0.29) is 18.2 Å². The summed E-state index contributed by atoms with van der Waals surface area (Å²) in [6.45, 7) is 4.38. The molecule has 0 aliphatic carbocycles. The predicted molar refractivity (Wildman–Crippen MR) is 94.5 cm³/mol. The van der Waals surface area contributed by atoms with Gasteiger partial charge >= 0.3 is 0 Å². The first-order chi connectivity index (χ1) is 11.5. The summed E-state index contributed by atoms with van der Waals surface area (Å²) in [5, 5.41) is 11.7. The van der Waals surface area contributed by atoms with Gasteiger partial charge in [0.25, 0.3) is 0 Å². The molecule has 1 aromatic carbocycles. The van der Waals surface area contributed by atoms with E-state index in [1.54, 1.807) is 11.3 Å². The van der Waals surface area contributed by atoms with Crippen LogP contribution >= 0.6 is 11.3 Å². The molecule has 0 bridgehead atoms. The van der Waals surface area contributed by atoms with Crippen LogP contribution in [0.5, 0.6) is 0 Å². The second-order valence-corrected chi connectivity index (χ2v) is 7.42. The second-order valence-electron chi connectivity index (χ2n) is 6.44. The third-order valence-electron chi connectivity index (χ3n) is 4.36. The molecule has 24 heavy (non-hydrogen) atoms. The summed E-state index contributed by atoms with van der Waals surface area (Å²) in [6, 6.07) is 16.2. The van der Waals surface area contributed by atoms with Gasteiger partial charge in [-0.25, -0.2) is 0 Å². The number of hydrogen-bond acceptors (Lipinski definition) is 5. The SMILES string of the molecule is CN(C(C#N)c1cccs1)[C@H]1COC(C)(C)O[C@H]1c1ccccc1. The Morgan fingerprint density at radius 2 is 2.00 bits per heavy atom. The van der Waals surface area contributed by atoms with E-state index in [2.05, 4.69) is 23.1 Å². The number of ether oxygens (including phenoxy) is 2. The van der Waals surface area contributed by atoms with Gasteiger partial charge < -0.3 is 9.47 Å². The van der Waals surface area contributed by atoms with Gasteiger partial charge in [0, 0.05) is 4.88 Å². The molecule has 1 unspecified atom stereocenters. The Morgan fingerprint density at radius 1 is 1.25 bits per heavy atom. The first-order valence-corrected chi connectivity index (χ1v) is 8.91. The molecule has 2 heterocycles. The molecular weight excluding hydrogens is 320 g/mol. The van der Waals surface area contributed by atoms with Crippen molar-refractivity contribution in [2.24, 2.45) is 0 Å². The van der Waals surface area contributed by atoms with Crippen molar-refractivity contribution in [3.8, 4) is 6.07 Å².